The van der Waals surface area contributed by atoms with Crippen molar-refractivity contribution < 1.29 is 9.53 Å². The van der Waals surface area contributed by atoms with E-state index in [2.05, 4.69) is 4.98 Å². The van der Waals surface area contributed by atoms with Gasteiger partial charge in [0, 0.05) is 25.1 Å². The Bertz CT molecular complexity index is 459. The summed E-state index contributed by atoms with van der Waals surface area (Å²) >= 11 is 0. The van der Waals surface area contributed by atoms with Crippen molar-refractivity contribution in [2.45, 2.75) is 25.4 Å². The molecule has 1 amide bonds. The molecule has 2 aliphatic rings. The molecule has 1 aliphatic carbocycles. The molecular formula is C13H17N3O2. The largest absolute Gasteiger partial charge is 0.485 e. The Morgan fingerprint density at radius 2 is 2.28 bits per heavy atom. The minimum atomic E-state index is 0.0409. The highest BCUT2D eigenvalue weighted by molar-refractivity contribution is 5.81. The van der Waals surface area contributed by atoms with Gasteiger partial charge < -0.3 is 15.4 Å². The number of amides is 1. The lowest BCUT2D eigenvalue weighted by atomic mass is 10.3. The quantitative estimate of drug-likeness (QED) is 0.867. The minimum absolute atomic E-state index is 0.0409. The van der Waals surface area contributed by atoms with Gasteiger partial charge >= 0.3 is 0 Å². The van der Waals surface area contributed by atoms with Crippen LogP contribution in [0, 0.1) is 5.92 Å². The number of hydrogen-bond donors (Lipinski definition) is 1. The number of nitrogen functional groups attached to an aromatic ring is 1. The molecule has 1 aromatic heterocycles. The van der Waals surface area contributed by atoms with Crippen LogP contribution < -0.4 is 10.5 Å². The van der Waals surface area contributed by atoms with Gasteiger partial charge in [-0.1, -0.05) is 0 Å². The van der Waals surface area contributed by atoms with Crippen LogP contribution in [0.5, 0.6) is 5.75 Å². The number of aromatic nitrogens is 1. The summed E-state index contributed by atoms with van der Waals surface area (Å²) in [7, 11) is 0. The van der Waals surface area contributed by atoms with Crippen molar-refractivity contribution in [1.82, 2.24) is 9.88 Å². The molecule has 0 radical (unpaired) electrons. The van der Waals surface area contributed by atoms with Gasteiger partial charge in [0.15, 0.2) is 11.6 Å². The fraction of sp³-hybridized carbons (Fsp3) is 0.538. The predicted octanol–water partition coefficient (Wildman–Crippen LogP) is 1.05. The van der Waals surface area contributed by atoms with Crippen LogP contribution in [0.2, 0.25) is 0 Å². The van der Waals surface area contributed by atoms with Gasteiger partial charge in [0.05, 0.1) is 6.54 Å². The van der Waals surface area contributed by atoms with Crippen molar-refractivity contribution >= 4 is 11.7 Å². The molecule has 2 heterocycles. The van der Waals surface area contributed by atoms with Gasteiger partial charge in [-0.05, 0) is 25.0 Å². The normalized spacial score (nSPS) is 23.1. The Morgan fingerprint density at radius 1 is 1.44 bits per heavy atom. The molecule has 1 atom stereocenters. The summed E-state index contributed by atoms with van der Waals surface area (Å²) in [6, 6.07) is 3.61. The highest BCUT2D eigenvalue weighted by Crippen LogP contribution is 2.32. The maximum absolute atomic E-state index is 11.9. The summed E-state index contributed by atoms with van der Waals surface area (Å²) in [6.45, 7) is 1.46. The molecule has 1 aliphatic heterocycles. The van der Waals surface area contributed by atoms with Gasteiger partial charge in [0.1, 0.15) is 6.10 Å². The van der Waals surface area contributed by atoms with Crippen molar-refractivity contribution in [3.8, 4) is 5.75 Å². The third-order valence-corrected chi connectivity index (χ3v) is 3.48. The first-order valence-electron chi connectivity index (χ1n) is 6.40. The molecule has 0 unspecified atom stereocenters. The average Bonchev–Trinajstić information content (AvgIpc) is 3.12. The molecule has 5 heteroatoms. The number of carbonyl (C=O) groups excluding carboxylic acids is 1. The third kappa shape index (κ3) is 2.25. The maximum Gasteiger partial charge on any atom is 0.225 e. The number of nitrogens with two attached hydrogens (primary N) is 1. The number of anilines is 1. The number of pyridine rings is 1. The summed E-state index contributed by atoms with van der Waals surface area (Å²) < 4.78 is 5.81. The van der Waals surface area contributed by atoms with Crippen LogP contribution in [-0.2, 0) is 4.79 Å². The maximum atomic E-state index is 11.9. The molecule has 18 heavy (non-hydrogen) atoms. The van der Waals surface area contributed by atoms with Crippen molar-refractivity contribution in [3.63, 3.8) is 0 Å². The zero-order chi connectivity index (χ0) is 12.5. The van der Waals surface area contributed by atoms with E-state index >= 15 is 0 Å². The molecule has 3 rings (SSSR count). The van der Waals surface area contributed by atoms with Crippen molar-refractivity contribution in [2.75, 3.05) is 18.8 Å². The van der Waals surface area contributed by atoms with Crippen LogP contribution in [0.15, 0.2) is 18.3 Å². The molecule has 96 valence electrons. The number of hydrogen-bond acceptors (Lipinski definition) is 4. The van der Waals surface area contributed by atoms with Gasteiger partial charge in [0.2, 0.25) is 5.91 Å². The zero-order valence-corrected chi connectivity index (χ0v) is 10.2. The molecule has 0 bridgehead atoms. The lowest BCUT2D eigenvalue weighted by molar-refractivity contribution is -0.131. The zero-order valence-electron chi connectivity index (χ0n) is 10.2. The predicted molar refractivity (Wildman–Crippen MR) is 67.0 cm³/mol. The molecule has 0 aromatic carbocycles. The summed E-state index contributed by atoms with van der Waals surface area (Å²) in [5, 5.41) is 0. The molecule has 1 saturated heterocycles. The average molecular weight is 247 g/mol. The lowest BCUT2D eigenvalue weighted by Crippen LogP contribution is -2.32. The Balaban J connectivity index is 1.59. The topological polar surface area (TPSA) is 68.5 Å². The van der Waals surface area contributed by atoms with Gasteiger partial charge in [0.25, 0.3) is 0 Å². The Labute approximate surface area is 106 Å². The monoisotopic (exact) mass is 247 g/mol. The van der Waals surface area contributed by atoms with Gasteiger partial charge in [-0.3, -0.25) is 4.79 Å². The van der Waals surface area contributed by atoms with Crippen molar-refractivity contribution in [3.05, 3.63) is 18.3 Å². The second-order valence-corrected chi connectivity index (χ2v) is 4.97. The molecule has 5 nitrogen and oxygen atoms in total. The Morgan fingerprint density at radius 3 is 3.00 bits per heavy atom. The highest BCUT2D eigenvalue weighted by atomic mass is 16.5. The number of likely N-dealkylation sites (tertiary alicyclic amines) is 1. The van der Waals surface area contributed by atoms with E-state index in [0.29, 0.717) is 24.0 Å². The van der Waals surface area contributed by atoms with Crippen LogP contribution in [0.1, 0.15) is 19.3 Å². The van der Waals surface area contributed by atoms with E-state index in [-0.39, 0.29) is 12.0 Å². The van der Waals surface area contributed by atoms with E-state index in [1.807, 2.05) is 11.0 Å². The third-order valence-electron chi connectivity index (χ3n) is 3.48. The first-order chi connectivity index (χ1) is 8.74. The second-order valence-electron chi connectivity index (χ2n) is 4.97. The number of ether oxygens (including phenoxy) is 1. The van der Waals surface area contributed by atoms with Crippen molar-refractivity contribution in [2.24, 2.45) is 5.92 Å². The fourth-order valence-electron chi connectivity index (χ4n) is 2.30. The standard InChI is InChI=1S/C13H17N3O2/c14-12-11(2-1-6-15-12)18-10-5-7-16(8-10)13(17)9-3-4-9/h1-2,6,9-10H,3-5,7-8H2,(H2,14,15)/t10-/m0/s1. The highest BCUT2D eigenvalue weighted by Gasteiger charge is 2.37. The van der Waals surface area contributed by atoms with E-state index in [0.717, 1.165) is 25.8 Å². The van der Waals surface area contributed by atoms with Crippen LogP contribution in [0.25, 0.3) is 0 Å². The van der Waals surface area contributed by atoms with Crippen LogP contribution in [0.3, 0.4) is 0 Å². The molecule has 1 aromatic rings. The summed E-state index contributed by atoms with van der Waals surface area (Å²) in [5.74, 6) is 1.60. The Kier molecular flexibility index (Phi) is 2.81. The van der Waals surface area contributed by atoms with E-state index < -0.39 is 0 Å². The number of rotatable bonds is 3. The number of carbonyl (C=O) groups is 1. The van der Waals surface area contributed by atoms with Gasteiger partial charge in [-0.15, -0.1) is 0 Å². The van der Waals surface area contributed by atoms with Gasteiger partial charge in [-0.25, -0.2) is 4.98 Å². The van der Waals surface area contributed by atoms with E-state index in [1.54, 1.807) is 12.3 Å². The fourth-order valence-corrected chi connectivity index (χ4v) is 2.30. The minimum Gasteiger partial charge on any atom is -0.485 e. The van der Waals surface area contributed by atoms with E-state index in [4.69, 9.17) is 10.5 Å². The van der Waals surface area contributed by atoms with Gasteiger partial charge in [-0.2, -0.15) is 0 Å². The molecule has 1 saturated carbocycles. The molecular weight excluding hydrogens is 230 g/mol. The molecule has 0 spiro atoms. The molecule has 2 N–H and O–H groups in total. The lowest BCUT2D eigenvalue weighted by Gasteiger charge is -2.17. The SMILES string of the molecule is Nc1ncccc1O[C@H]1CCN(C(=O)C2CC2)C1. The summed E-state index contributed by atoms with van der Waals surface area (Å²) in [5.41, 5.74) is 5.73. The Hall–Kier alpha value is -1.78. The van der Waals surface area contributed by atoms with E-state index in [9.17, 15) is 4.79 Å². The van der Waals surface area contributed by atoms with E-state index in [1.165, 1.54) is 0 Å². The van der Waals surface area contributed by atoms with Crippen molar-refractivity contribution in [1.29, 1.82) is 0 Å². The number of nitrogens with zero attached hydrogens (tertiary/aromatic N) is 2. The molecule has 2 fully saturated rings. The smallest absolute Gasteiger partial charge is 0.225 e. The van der Waals surface area contributed by atoms with Crippen LogP contribution in [0.4, 0.5) is 5.82 Å². The second kappa shape index (κ2) is 4.48. The van der Waals surface area contributed by atoms with Crippen LogP contribution >= 0.6 is 0 Å². The first-order valence-corrected chi connectivity index (χ1v) is 6.40. The van der Waals surface area contributed by atoms with Crippen LogP contribution in [-0.4, -0.2) is 35.0 Å². The first kappa shape index (κ1) is 11.3. The summed E-state index contributed by atoms with van der Waals surface area (Å²) in [4.78, 5) is 17.8. The summed E-state index contributed by atoms with van der Waals surface area (Å²) in [6.07, 6.45) is 4.65.